The van der Waals surface area contributed by atoms with Crippen LogP contribution in [-0.2, 0) is 11.3 Å². The fraction of sp³-hybridized carbons (Fsp3) is 0.500. The number of aromatic nitrogens is 2. The predicted octanol–water partition coefficient (Wildman–Crippen LogP) is 0.540. The molecule has 0 unspecified atom stereocenters. The van der Waals surface area contributed by atoms with Crippen molar-refractivity contribution in [2.75, 3.05) is 33.2 Å². The molecule has 7 heteroatoms. The summed E-state index contributed by atoms with van der Waals surface area (Å²) in [6.07, 6.45) is 1.48. The highest BCUT2D eigenvalue weighted by Gasteiger charge is 2.20. The second-order valence-electron chi connectivity index (χ2n) is 5.44. The van der Waals surface area contributed by atoms with Crippen LogP contribution in [0.2, 0.25) is 0 Å². The van der Waals surface area contributed by atoms with Gasteiger partial charge < -0.3 is 9.80 Å². The number of carbonyl (C=O) groups excluding carboxylic acids is 1. The molecule has 1 saturated heterocycles. The molecule has 3 heterocycles. The quantitative estimate of drug-likeness (QED) is 0.812. The van der Waals surface area contributed by atoms with Gasteiger partial charge in [-0.3, -0.25) is 14.2 Å². The number of likely N-dealkylation sites (N-methyl/N-ethyl adjacent to an activating group) is 1. The molecule has 0 radical (unpaired) electrons. The summed E-state index contributed by atoms with van der Waals surface area (Å²) in [5.74, 6) is -0.0155. The van der Waals surface area contributed by atoms with E-state index in [4.69, 9.17) is 0 Å². The Morgan fingerprint density at radius 2 is 2.05 bits per heavy atom. The molecule has 0 N–H and O–H groups in total. The zero-order valence-electron chi connectivity index (χ0n) is 12.2. The molecule has 0 saturated carbocycles. The molecular formula is C14H18N4O2S. The number of amides is 1. The van der Waals surface area contributed by atoms with E-state index in [-0.39, 0.29) is 18.0 Å². The highest BCUT2D eigenvalue weighted by molar-refractivity contribution is 7.18. The van der Waals surface area contributed by atoms with Gasteiger partial charge in [-0.2, -0.15) is 0 Å². The van der Waals surface area contributed by atoms with Crippen molar-refractivity contribution in [1.29, 1.82) is 0 Å². The fourth-order valence-corrected chi connectivity index (χ4v) is 3.33. The number of aryl methyl sites for hydroxylation is 1. The fourth-order valence-electron chi connectivity index (χ4n) is 2.49. The standard InChI is InChI=1S/C14H18N4O2S/c1-10-7-11-13(21-10)15-9-18(14(11)20)8-12(19)17-5-3-16(2)4-6-17/h7,9H,3-6,8H2,1-2H3. The predicted molar refractivity (Wildman–Crippen MR) is 82.7 cm³/mol. The van der Waals surface area contributed by atoms with Crippen LogP contribution in [-0.4, -0.2) is 58.5 Å². The van der Waals surface area contributed by atoms with Gasteiger partial charge >= 0.3 is 0 Å². The van der Waals surface area contributed by atoms with Crippen molar-refractivity contribution in [3.05, 3.63) is 27.6 Å². The lowest BCUT2D eigenvalue weighted by Crippen LogP contribution is -2.48. The van der Waals surface area contributed by atoms with E-state index in [1.165, 1.54) is 22.2 Å². The van der Waals surface area contributed by atoms with Gasteiger partial charge in [0.15, 0.2) is 0 Å². The van der Waals surface area contributed by atoms with Crippen LogP contribution < -0.4 is 5.56 Å². The highest BCUT2D eigenvalue weighted by Crippen LogP contribution is 2.19. The Kier molecular flexibility index (Phi) is 3.77. The third-order valence-electron chi connectivity index (χ3n) is 3.80. The second kappa shape index (κ2) is 5.57. The van der Waals surface area contributed by atoms with E-state index in [0.29, 0.717) is 5.39 Å². The first-order chi connectivity index (χ1) is 10.0. The molecule has 112 valence electrons. The average Bonchev–Trinajstić information content (AvgIpc) is 2.84. The van der Waals surface area contributed by atoms with E-state index in [2.05, 4.69) is 9.88 Å². The molecule has 6 nitrogen and oxygen atoms in total. The minimum atomic E-state index is -0.133. The SMILES string of the molecule is Cc1cc2c(=O)n(CC(=O)N3CCN(C)CC3)cnc2s1. The molecule has 0 bridgehead atoms. The Morgan fingerprint density at radius 3 is 2.76 bits per heavy atom. The third kappa shape index (κ3) is 2.84. The second-order valence-corrected chi connectivity index (χ2v) is 6.67. The van der Waals surface area contributed by atoms with E-state index in [1.807, 2.05) is 24.9 Å². The molecular weight excluding hydrogens is 288 g/mol. The largest absolute Gasteiger partial charge is 0.339 e. The molecule has 0 aromatic carbocycles. The Morgan fingerprint density at radius 1 is 1.33 bits per heavy atom. The van der Waals surface area contributed by atoms with Crippen LogP contribution in [0.15, 0.2) is 17.2 Å². The number of hydrogen-bond acceptors (Lipinski definition) is 5. The summed E-state index contributed by atoms with van der Waals surface area (Å²) in [6, 6.07) is 1.84. The van der Waals surface area contributed by atoms with E-state index < -0.39 is 0 Å². The van der Waals surface area contributed by atoms with E-state index in [1.54, 1.807) is 0 Å². The van der Waals surface area contributed by atoms with Crippen LogP contribution in [0, 0.1) is 6.92 Å². The Balaban J connectivity index is 1.80. The van der Waals surface area contributed by atoms with Crippen LogP contribution in [0.5, 0.6) is 0 Å². The first-order valence-corrected chi connectivity index (χ1v) is 7.78. The Hall–Kier alpha value is -1.73. The summed E-state index contributed by atoms with van der Waals surface area (Å²) in [7, 11) is 2.04. The normalized spacial score (nSPS) is 16.6. The lowest BCUT2D eigenvalue weighted by atomic mass is 10.3. The summed E-state index contributed by atoms with van der Waals surface area (Å²) < 4.78 is 1.41. The number of fused-ring (bicyclic) bond motifs is 1. The number of rotatable bonds is 2. The Bertz CT molecular complexity index is 728. The van der Waals surface area contributed by atoms with Gasteiger partial charge in [0.05, 0.1) is 11.7 Å². The molecule has 1 aliphatic rings. The molecule has 1 fully saturated rings. The van der Waals surface area contributed by atoms with Gasteiger partial charge in [0.1, 0.15) is 11.4 Å². The maximum atomic E-state index is 12.4. The van der Waals surface area contributed by atoms with E-state index in [9.17, 15) is 9.59 Å². The van der Waals surface area contributed by atoms with Gasteiger partial charge in [-0.05, 0) is 20.0 Å². The van der Waals surface area contributed by atoms with Crippen LogP contribution in [0.3, 0.4) is 0 Å². The van der Waals surface area contributed by atoms with Crippen molar-refractivity contribution in [3.8, 4) is 0 Å². The van der Waals surface area contributed by atoms with Crippen molar-refractivity contribution >= 4 is 27.5 Å². The number of nitrogens with zero attached hydrogens (tertiary/aromatic N) is 4. The topological polar surface area (TPSA) is 58.4 Å². The highest BCUT2D eigenvalue weighted by atomic mass is 32.1. The van der Waals surface area contributed by atoms with E-state index >= 15 is 0 Å². The third-order valence-corrected chi connectivity index (χ3v) is 4.76. The number of thiophene rings is 1. The molecule has 0 spiro atoms. The molecule has 1 amide bonds. The lowest BCUT2D eigenvalue weighted by Gasteiger charge is -2.32. The molecule has 0 aliphatic carbocycles. The molecule has 21 heavy (non-hydrogen) atoms. The first kappa shape index (κ1) is 14.2. The number of piperazine rings is 1. The van der Waals surface area contributed by atoms with Gasteiger partial charge in [0.25, 0.3) is 5.56 Å². The minimum absolute atomic E-state index is 0.0155. The van der Waals surface area contributed by atoms with Crippen LogP contribution in [0.4, 0.5) is 0 Å². The molecule has 0 atom stereocenters. The molecule has 2 aromatic rings. The van der Waals surface area contributed by atoms with Gasteiger partial charge in [0.2, 0.25) is 5.91 Å². The van der Waals surface area contributed by atoms with Gasteiger partial charge in [-0.1, -0.05) is 0 Å². The van der Waals surface area contributed by atoms with Crippen molar-refractivity contribution < 1.29 is 4.79 Å². The first-order valence-electron chi connectivity index (χ1n) is 6.96. The number of hydrogen-bond donors (Lipinski definition) is 0. The summed E-state index contributed by atoms with van der Waals surface area (Å²) in [5.41, 5.74) is -0.133. The van der Waals surface area contributed by atoms with Crippen LogP contribution in [0.25, 0.3) is 10.2 Å². The summed E-state index contributed by atoms with van der Waals surface area (Å²) in [4.78, 5) is 34.7. The average molecular weight is 306 g/mol. The van der Waals surface area contributed by atoms with Gasteiger partial charge in [0, 0.05) is 31.1 Å². The van der Waals surface area contributed by atoms with Gasteiger partial charge in [-0.15, -0.1) is 11.3 Å². The molecule has 2 aromatic heterocycles. The van der Waals surface area contributed by atoms with Gasteiger partial charge in [-0.25, -0.2) is 4.98 Å². The van der Waals surface area contributed by atoms with Crippen molar-refractivity contribution in [2.24, 2.45) is 0 Å². The molecule has 3 rings (SSSR count). The van der Waals surface area contributed by atoms with Crippen LogP contribution in [0.1, 0.15) is 4.88 Å². The smallest absolute Gasteiger partial charge is 0.262 e. The lowest BCUT2D eigenvalue weighted by molar-refractivity contribution is -0.133. The summed E-state index contributed by atoms with van der Waals surface area (Å²) in [5, 5.41) is 0.603. The zero-order valence-corrected chi connectivity index (χ0v) is 13.0. The maximum Gasteiger partial charge on any atom is 0.262 e. The zero-order chi connectivity index (χ0) is 15.0. The summed E-state index contributed by atoms with van der Waals surface area (Å²) in [6.45, 7) is 5.21. The maximum absolute atomic E-state index is 12.4. The van der Waals surface area contributed by atoms with Crippen LogP contribution >= 0.6 is 11.3 Å². The minimum Gasteiger partial charge on any atom is -0.339 e. The Labute approximate surface area is 126 Å². The van der Waals surface area contributed by atoms with Crippen molar-refractivity contribution in [3.63, 3.8) is 0 Å². The van der Waals surface area contributed by atoms with Crippen molar-refractivity contribution in [2.45, 2.75) is 13.5 Å². The van der Waals surface area contributed by atoms with Crippen molar-refractivity contribution in [1.82, 2.24) is 19.4 Å². The van der Waals surface area contributed by atoms with E-state index in [0.717, 1.165) is 35.9 Å². The number of carbonyl (C=O) groups is 1. The monoisotopic (exact) mass is 306 g/mol. The summed E-state index contributed by atoms with van der Waals surface area (Å²) >= 11 is 1.50. The molecule has 1 aliphatic heterocycles.